The van der Waals surface area contributed by atoms with Gasteiger partial charge in [0.2, 0.25) is 10.0 Å². The van der Waals surface area contributed by atoms with Crippen LogP contribution in [0, 0.1) is 5.92 Å². The van der Waals surface area contributed by atoms with Crippen LogP contribution in [0.4, 0.5) is 0 Å². The molecule has 0 bridgehead atoms. The summed E-state index contributed by atoms with van der Waals surface area (Å²) >= 11 is 0. The number of carbonyl (C=O) groups excluding carboxylic acids is 1. The van der Waals surface area contributed by atoms with Crippen molar-refractivity contribution < 1.29 is 13.2 Å². The molecule has 5 nitrogen and oxygen atoms in total. The van der Waals surface area contributed by atoms with E-state index in [2.05, 4.69) is 4.72 Å². The molecule has 0 aliphatic heterocycles. The Bertz CT molecular complexity index is 639. The van der Waals surface area contributed by atoms with E-state index in [1.807, 2.05) is 0 Å². The van der Waals surface area contributed by atoms with Gasteiger partial charge in [0.1, 0.15) is 0 Å². The third kappa shape index (κ3) is 2.31. The van der Waals surface area contributed by atoms with E-state index in [0.29, 0.717) is 24.9 Å². The lowest BCUT2D eigenvalue weighted by molar-refractivity contribution is 0.0994. The van der Waals surface area contributed by atoms with Gasteiger partial charge >= 0.3 is 0 Å². The Labute approximate surface area is 112 Å². The third-order valence-corrected chi connectivity index (χ3v) is 5.33. The summed E-state index contributed by atoms with van der Waals surface area (Å²) in [6, 6.07) is 4.74. The fourth-order valence-corrected chi connectivity index (χ4v) is 3.85. The van der Waals surface area contributed by atoms with Crippen molar-refractivity contribution >= 4 is 15.8 Å². The normalized spacial score (nSPS) is 25.4. The standard InChI is InChI=1S/C13H16N2O3S/c14-7-9-5-12(9)15-19(17,18)10-3-1-8-2-4-13(16)11(8)6-10/h1,3,6,9,12,15H,2,4-5,7,14H2. The second kappa shape index (κ2) is 4.40. The Morgan fingerprint density at radius 2 is 2.11 bits per heavy atom. The highest BCUT2D eigenvalue weighted by Crippen LogP contribution is 2.31. The number of Topliss-reactive ketones (excluding diaryl/α,β-unsaturated/α-hetero) is 1. The van der Waals surface area contributed by atoms with Gasteiger partial charge in [0, 0.05) is 18.0 Å². The number of ketones is 1. The van der Waals surface area contributed by atoms with Crippen molar-refractivity contribution in [1.29, 1.82) is 0 Å². The van der Waals surface area contributed by atoms with Gasteiger partial charge in [-0.3, -0.25) is 4.79 Å². The molecule has 1 aromatic carbocycles. The minimum Gasteiger partial charge on any atom is -0.330 e. The number of hydrogen-bond acceptors (Lipinski definition) is 4. The molecule has 19 heavy (non-hydrogen) atoms. The smallest absolute Gasteiger partial charge is 0.240 e. The molecule has 1 fully saturated rings. The van der Waals surface area contributed by atoms with Crippen molar-refractivity contribution in [2.24, 2.45) is 11.7 Å². The predicted octanol–water partition coefficient (Wildman–Crippen LogP) is 0.441. The minimum absolute atomic E-state index is 0.0262. The number of benzene rings is 1. The molecule has 2 aliphatic carbocycles. The van der Waals surface area contributed by atoms with E-state index in [9.17, 15) is 13.2 Å². The molecule has 2 unspecified atom stereocenters. The molecule has 3 N–H and O–H groups in total. The summed E-state index contributed by atoms with van der Waals surface area (Å²) in [5.41, 5.74) is 6.98. The number of carbonyl (C=O) groups is 1. The van der Waals surface area contributed by atoms with Gasteiger partial charge in [0.05, 0.1) is 4.90 Å². The molecule has 0 radical (unpaired) electrons. The minimum atomic E-state index is -3.54. The van der Waals surface area contributed by atoms with Crippen molar-refractivity contribution in [3.05, 3.63) is 29.3 Å². The highest BCUT2D eigenvalue weighted by Gasteiger charge is 2.39. The number of sulfonamides is 1. The van der Waals surface area contributed by atoms with Crippen molar-refractivity contribution in [2.75, 3.05) is 6.54 Å². The second-order valence-corrected chi connectivity index (χ2v) is 6.92. The maximum absolute atomic E-state index is 12.2. The molecule has 0 aromatic heterocycles. The highest BCUT2D eigenvalue weighted by molar-refractivity contribution is 7.89. The molecule has 0 amide bonds. The maximum Gasteiger partial charge on any atom is 0.240 e. The summed E-state index contributed by atoms with van der Waals surface area (Å²) in [5.74, 6) is 0.268. The van der Waals surface area contributed by atoms with Crippen LogP contribution in [0.1, 0.15) is 28.8 Å². The lowest BCUT2D eigenvalue weighted by Crippen LogP contribution is -2.28. The van der Waals surface area contributed by atoms with Gasteiger partial charge in [0.25, 0.3) is 0 Å². The first-order valence-electron chi connectivity index (χ1n) is 6.40. The van der Waals surface area contributed by atoms with Crippen molar-refractivity contribution in [2.45, 2.75) is 30.2 Å². The molecular weight excluding hydrogens is 264 g/mol. The van der Waals surface area contributed by atoms with E-state index in [0.717, 1.165) is 12.0 Å². The first-order chi connectivity index (χ1) is 9.01. The summed E-state index contributed by atoms with van der Waals surface area (Å²) in [5, 5.41) is 0. The van der Waals surface area contributed by atoms with Crippen LogP contribution in [0.3, 0.4) is 0 Å². The lowest BCUT2D eigenvalue weighted by Gasteiger charge is -2.07. The first kappa shape index (κ1) is 12.8. The largest absolute Gasteiger partial charge is 0.330 e. The van der Waals surface area contributed by atoms with E-state index in [4.69, 9.17) is 5.73 Å². The molecule has 0 heterocycles. The van der Waals surface area contributed by atoms with Crippen molar-refractivity contribution in [3.8, 4) is 0 Å². The van der Waals surface area contributed by atoms with Gasteiger partial charge in [-0.15, -0.1) is 0 Å². The van der Waals surface area contributed by atoms with Gasteiger partial charge in [0.15, 0.2) is 5.78 Å². The molecule has 0 spiro atoms. The van der Waals surface area contributed by atoms with Crippen LogP contribution in [0.2, 0.25) is 0 Å². The molecule has 2 atom stereocenters. The van der Waals surface area contributed by atoms with E-state index < -0.39 is 10.0 Å². The Morgan fingerprint density at radius 1 is 1.32 bits per heavy atom. The molecule has 1 aromatic rings. The van der Waals surface area contributed by atoms with Crippen LogP contribution in [-0.2, 0) is 16.4 Å². The van der Waals surface area contributed by atoms with Crippen LogP contribution < -0.4 is 10.5 Å². The van der Waals surface area contributed by atoms with E-state index >= 15 is 0 Å². The average Bonchev–Trinajstić information content (AvgIpc) is 3.02. The number of aryl methyl sites for hydroxylation is 1. The van der Waals surface area contributed by atoms with Crippen molar-refractivity contribution in [1.82, 2.24) is 4.72 Å². The fourth-order valence-electron chi connectivity index (χ4n) is 2.50. The van der Waals surface area contributed by atoms with Crippen LogP contribution >= 0.6 is 0 Å². The summed E-state index contributed by atoms with van der Waals surface area (Å²) in [4.78, 5) is 11.8. The zero-order valence-electron chi connectivity index (χ0n) is 10.4. The summed E-state index contributed by atoms with van der Waals surface area (Å²) < 4.78 is 27.0. The Morgan fingerprint density at radius 3 is 2.79 bits per heavy atom. The molecular formula is C13H16N2O3S. The average molecular weight is 280 g/mol. The monoisotopic (exact) mass is 280 g/mol. The topological polar surface area (TPSA) is 89.3 Å². The number of nitrogens with two attached hydrogens (primary N) is 1. The first-order valence-corrected chi connectivity index (χ1v) is 7.88. The Hall–Kier alpha value is -1.24. The zero-order chi connectivity index (χ0) is 13.6. The van der Waals surface area contributed by atoms with Crippen LogP contribution in [0.5, 0.6) is 0 Å². The van der Waals surface area contributed by atoms with Gasteiger partial charge in [-0.1, -0.05) is 6.07 Å². The Kier molecular flexibility index (Phi) is 2.96. The van der Waals surface area contributed by atoms with E-state index in [-0.39, 0.29) is 22.6 Å². The maximum atomic E-state index is 12.2. The van der Waals surface area contributed by atoms with Crippen LogP contribution in [-0.4, -0.2) is 26.8 Å². The summed E-state index contributed by atoms with van der Waals surface area (Å²) in [6.45, 7) is 0.496. The molecule has 6 heteroatoms. The highest BCUT2D eigenvalue weighted by atomic mass is 32.2. The fraction of sp³-hybridized carbons (Fsp3) is 0.462. The molecule has 0 saturated heterocycles. The zero-order valence-corrected chi connectivity index (χ0v) is 11.2. The second-order valence-electron chi connectivity index (χ2n) is 5.20. The molecule has 3 rings (SSSR count). The molecule has 1 saturated carbocycles. The van der Waals surface area contributed by atoms with E-state index in [1.165, 1.54) is 6.07 Å². The van der Waals surface area contributed by atoms with Gasteiger partial charge in [-0.25, -0.2) is 13.1 Å². The summed E-state index contributed by atoms with van der Waals surface area (Å²) in [6.07, 6.45) is 1.98. The van der Waals surface area contributed by atoms with Crippen LogP contribution in [0.15, 0.2) is 23.1 Å². The van der Waals surface area contributed by atoms with Gasteiger partial charge < -0.3 is 5.73 Å². The Balaban J connectivity index is 1.86. The summed E-state index contributed by atoms with van der Waals surface area (Å²) in [7, 11) is -3.54. The SMILES string of the molecule is NCC1CC1NS(=O)(=O)c1ccc2c(c1)C(=O)CC2. The van der Waals surface area contributed by atoms with Gasteiger partial charge in [-0.2, -0.15) is 0 Å². The van der Waals surface area contributed by atoms with Gasteiger partial charge in [-0.05, 0) is 43.0 Å². The van der Waals surface area contributed by atoms with Crippen molar-refractivity contribution in [3.63, 3.8) is 0 Å². The predicted molar refractivity (Wildman–Crippen MR) is 70.4 cm³/mol. The number of rotatable bonds is 4. The lowest BCUT2D eigenvalue weighted by atomic mass is 10.1. The molecule has 102 valence electrons. The number of hydrogen-bond donors (Lipinski definition) is 2. The number of nitrogens with one attached hydrogen (secondary N) is 1. The van der Waals surface area contributed by atoms with Crippen LogP contribution in [0.25, 0.3) is 0 Å². The third-order valence-electron chi connectivity index (χ3n) is 3.85. The quantitative estimate of drug-likeness (QED) is 0.837. The number of fused-ring (bicyclic) bond motifs is 1. The molecule has 2 aliphatic rings. The van der Waals surface area contributed by atoms with E-state index in [1.54, 1.807) is 12.1 Å².